The molecule has 3 heterocycles. The number of ether oxygens (including phenoxy) is 1. The van der Waals surface area contributed by atoms with Crippen LogP contribution < -0.4 is 11.1 Å². The van der Waals surface area contributed by atoms with Gasteiger partial charge in [-0.05, 0) is 35.9 Å². The van der Waals surface area contributed by atoms with E-state index < -0.39 is 0 Å². The van der Waals surface area contributed by atoms with Crippen LogP contribution in [0.1, 0.15) is 5.56 Å². The van der Waals surface area contributed by atoms with Gasteiger partial charge in [0.1, 0.15) is 17.7 Å². The highest BCUT2D eigenvalue weighted by atomic mass is 35.5. The van der Waals surface area contributed by atoms with Crippen molar-refractivity contribution in [2.75, 3.05) is 45.1 Å². The van der Waals surface area contributed by atoms with Crippen LogP contribution in [0.4, 0.5) is 10.2 Å². The van der Waals surface area contributed by atoms with Crippen LogP contribution >= 0.6 is 11.9 Å². The van der Waals surface area contributed by atoms with Crippen LogP contribution in [0.2, 0.25) is 0 Å². The number of nitrogens with two attached hydrogens (primary N) is 1. The summed E-state index contributed by atoms with van der Waals surface area (Å²) in [5.74, 6) is 0.0231. The molecule has 160 valence electrons. The molecule has 0 amide bonds. The van der Waals surface area contributed by atoms with Gasteiger partial charge in [-0.25, -0.2) is 19.3 Å². The molecule has 1 aliphatic rings. The van der Waals surface area contributed by atoms with Crippen molar-refractivity contribution in [3.8, 4) is 11.3 Å². The molecule has 10 heteroatoms. The molecule has 1 fully saturated rings. The fourth-order valence-electron chi connectivity index (χ4n) is 3.31. The number of fused-ring (bicyclic) bond motifs is 1. The second kappa shape index (κ2) is 11.1. The summed E-state index contributed by atoms with van der Waals surface area (Å²) >= 11 is 3.64. The first-order valence-electron chi connectivity index (χ1n) is 9.54. The number of halogens is 2. The lowest BCUT2D eigenvalue weighted by molar-refractivity contribution is 0.0384. The summed E-state index contributed by atoms with van der Waals surface area (Å²) in [6.07, 6.45) is 1.40. The minimum Gasteiger partial charge on any atom is -0.382 e. The standard InChI is InChI=1S/C20H23FN6O.ClHO/c21-16-10-14(12-23-3-4-27-5-7-28-8-6-27)9-15(11-16)17-1-2-18-19(26-17)20(22)25-13-24-18;1-2/h1-2,9-11,13,23H,3-8,12H2,(H2,22,24,25);2H. The quantitative estimate of drug-likeness (QED) is 0.505. The monoisotopic (exact) mass is 434 g/mol. The third kappa shape index (κ3) is 5.80. The molecule has 1 aliphatic heterocycles. The SMILES string of the molecule is Nc1ncnc2ccc(-c3cc(F)cc(CNCCN4CCOCC4)c3)nc12.OCl. The Morgan fingerprint density at radius 3 is 2.77 bits per heavy atom. The van der Waals surface area contributed by atoms with Crippen LogP contribution in [0.15, 0.2) is 36.7 Å². The zero-order valence-corrected chi connectivity index (χ0v) is 17.1. The van der Waals surface area contributed by atoms with Crippen LogP contribution in [0, 0.1) is 5.82 Å². The first kappa shape index (κ1) is 22.3. The van der Waals surface area contributed by atoms with E-state index >= 15 is 0 Å². The highest BCUT2D eigenvalue weighted by molar-refractivity contribution is 6.04. The van der Waals surface area contributed by atoms with Crippen LogP contribution in [-0.4, -0.2) is 63.9 Å². The van der Waals surface area contributed by atoms with E-state index in [0.717, 1.165) is 45.0 Å². The second-order valence-electron chi connectivity index (χ2n) is 6.80. The molecule has 8 nitrogen and oxygen atoms in total. The van der Waals surface area contributed by atoms with Gasteiger partial charge in [0.05, 0.1) is 36.3 Å². The van der Waals surface area contributed by atoms with Gasteiger partial charge in [0.15, 0.2) is 5.82 Å². The van der Waals surface area contributed by atoms with E-state index in [4.69, 9.17) is 15.1 Å². The van der Waals surface area contributed by atoms with Crippen molar-refractivity contribution in [2.24, 2.45) is 0 Å². The molecule has 0 saturated carbocycles. The second-order valence-corrected chi connectivity index (χ2v) is 6.80. The normalized spacial score (nSPS) is 14.4. The Balaban J connectivity index is 0.00000124. The minimum absolute atomic E-state index is 0.290. The van der Waals surface area contributed by atoms with Gasteiger partial charge in [-0.3, -0.25) is 9.56 Å². The zero-order valence-electron chi connectivity index (χ0n) is 16.4. The van der Waals surface area contributed by atoms with Crippen molar-refractivity contribution < 1.29 is 13.8 Å². The fraction of sp³-hybridized carbons (Fsp3) is 0.350. The third-order valence-corrected chi connectivity index (χ3v) is 4.80. The molecule has 30 heavy (non-hydrogen) atoms. The van der Waals surface area contributed by atoms with E-state index in [2.05, 4.69) is 37.0 Å². The van der Waals surface area contributed by atoms with Gasteiger partial charge in [0, 0.05) is 38.3 Å². The number of benzene rings is 1. The van der Waals surface area contributed by atoms with E-state index in [1.807, 2.05) is 18.2 Å². The molecule has 0 atom stereocenters. The maximum atomic E-state index is 14.2. The number of nitrogens with one attached hydrogen (secondary N) is 1. The van der Waals surface area contributed by atoms with E-state index in [0.29, 0.717) is 34.7 Å². The maximum Gasteiger partial charge on any atom is 0.153 e. The predicted octanol–water partition coefficient (Wildman–Crippen LogP) is 1.97. The summed E-state index contributed by atoms with van der Waals surface area (Å²) in [5.41, 5.74) is 9.30. The van der Waals surface area contributed by atoms with Crippen molar-refractivity contribution in [3.63, 3.8) is 0 Å². The Morgan fingerprint density at radius 2 is 1.97 bits per heavy atom. The average Bonchev–Trinajstić information content (AvgIpc) is 2.78. The van der Waals surface area contributed by atoms with Gasteiger partial charge < -0.3 is 15.8 Å². The Labute approximate surface area is 179 Å². The summed E-state index contributed by atoms with van der Waals surface area (Å²) in [7, 11) is 0. The van der Waals surface area contributed by atoms with Crippen molar-refractivity contribution in [2.45, 2.75) is 6.54 Å². The molecule has 1 saturated heterocycles. The highest BCUT2D eigenvalue weighted by Crippen LogP contribution is 2.24. The van der Waals surface area contributed by atoms with Crippen LogP contribution in [0.5, 0.6) is 0 Å². The first-order valence-corrected chi connectivity index (χ1v) is 9.88. The van der Waals surface area contributed by atoms with Gasteiger partial charge >= 0.3 is 0 Å². The van der Waals surface area contributed by atoms with Gasteiger partial charge in [-0.1, -0.05) is 0 Å². The highest BCUT2D eigenvalue weighted by Gasteiger charge is 2.10. The smallest absolute Gasteiger partial charge is 0.153 e. The first-order chi connectivity index (χ1) is 14.7. The molecule has 3 aromatic rings. The lowest BCUT2D eigenvalue weighted by atomic mass is 10.1. The van der Waals surface area contributed by atoms with Crippen molar-refractivity contribution >= 4 is 28.7 Å². The summed E-state index contributed by atoms with van der Waals surface area (Å²) in [6, 6.07) is 8.61. The van der Waals surface area contributed by atoms with Gasteiger partial charge in [0.2, 0.25) is 0 Å². The minimum atomic E-state index is -0.290. The molecule has 0 aliphatic carbocycles. The van der Waals surface area contributed by atoms with Crippen LogP contribution in [-0.2, 0) is 11.3 Å². The van der Waals surface area contributed by atoms with Crippen molar-refractivity contribution in [1.82, 2.24) is 25.2 Å². The molecule has 1 aromatic carbocycles. The Hall–Kier alpha value is -2.43. The summed E-state index contributed by atoms with van der Waals surface area (Å²) in [5, 5.41) is 3.38. The number of hydrogen-bond donors (Lipinski definition) is 3. The maximum absolute atomic E-state index is 14.2. The molecule has 4 rings (SSSR count). The van der Waals surface area contributed by atoms with Crippen molar-refractivity contribution in [1.29, 1.82) is 0 Å². The van der Waals surface area contributed by atoms with Gasteiger partial charge in [-0.2, -0.15) is 0 Å². The molecule has 0 bridgehead atoms. The number of rotatable bonds is 6. The molecule has 2 aromatic heterocycles. The average molecular weight is 435 g/mol. The summed E-state index contributed by atoms with van der Waals surface area (Å²) < 4.78 is 26.0. The van der Waals surface area contributed by atoms with Gasteiger partial charge in [-0.15, -0.1) is 0 Å². The lowest BCUT2D eigenvalue weighted by Gasteiger charge is -2.26. The molecular weight excluding hydrogens is 411 g/mol. The number of hydrogen-bond acceptors (Lipinski definition) is 8. The topological polar surface area (TPSA) is 109 Å². The third-order valence-electron chi connectivity index (χ3n) is 4.80. The van der Waals surface area contributed by atoms with Crippen LogP contribution in [0.25, 0.3) is 22.3 Å². The molecule has 4 N–H and O–H groups in total. The number of nitrogen functional groups attached to an aromatic ring is 1. The van der Waals surface area contributed by atoms with E-state index in [9.17, 15) is 4.39 Å². The molecular formula is C20H24ClFN6O2. The predicted molar refractivity (Wildman–Crippen MR) is 114 cm³/mol. The molecule has 0 spiro atoms. The Morgan fingerprint density at radius 1 is 1.17 bits per heavy atom. The number of nitrogens with zero attached hydrogens (tertiary/aromatic N) is 4. The zero-order chi connectivity index (χ0) is 21.3. The largest absolute Gasteiger partial charge is 0.382 e. The number of aromatic nitrogens is 3. The summed E-state index contributed by atoms with van der Waals surface area (Å²) in [6.45, 7) is 5.90. The summed E-state index contributed by atoms with van der Waals surface area (Å²) in [4.78, 5) is 15.0. The van der Waals surface area contributed by atoms with Crippen LogP contribution in [0.3, 0.4) is 0 Å². The number of morpholine rings is 1. The number of anilines is 1. The van der Waals surface area contributed by atoms with E-state index in [1.54, 1.807) is 6.07 Å². The Bertz CT molecular complexity index is 971. The molecule has 0 radical (unpaired) electrons. The van der Waals surface area contributed by atoms with Crippen molar-refractivity contribution in [3.05, 3.63) is 48.0 Å². The van der Waals surface area contributed by atoms with E-state index in [-0.39, 0.29) is 5.82 Å². The number of pyridine rings is 1. The van der Waals surface area contributed by atoms with E-state index in [1.165, 1.54) is 12.4 Å². The fourth-order valence-corrected chi connectivity index (χ4v) is 3.31. The van der Waals surface area contributed by atoms with Gasteiger partial charge in [0.25, 0.3) is 0 Å². The lowest BCUT2D eigenvalue weighted by Crippen LogP contribution is -2.40. The molecule has 0 unspecified atom stereocenters. The Kier molecular flexibility index (Phi) is 8.23.